The summed E-state index contributed by atoms with van der Waals surface area (Å²) in [7, 11) is 1.35. The zero-order valence-electron chi connectivity index (χ0n) is 13.9. The van der Waals surface area contributed by atoms with Gasteiger partial charge in [-0.05, 0) is 19.4 Å². The van der Waals surface area contributed by atoms with E-state index in [1.165, 1.54) is 24.5 Å². The fraction of sp³-hybridized carbons (Fsp3) is 0.562. The summed E-state index contributed by atoms with van der Waals surface area (Å²) in [5.41, 5.74) is 2.46. The van der Waals surface area contributed by atoms with Crippen LogP contribution in [0.25, 0.3) is 6.08 Å². The number of carbonyl (C=O) groups is 2. The van der Waals surface area contributed by atoms with Crippen molar-refractivity contribution in [3.8, 4) is 0 Å². The Morgan fingerprint density at radius 3 is 2.87 bits per heavy atom. The largest absolute Gasteiger partial charge is 0.469 e. The molecule has 0 aliphatic carbocycles. The van der Waals surface area contributed by atoms with E-state index in [1.807, 2.05) is 12.3 Å². The molecule has 1 atom stereocenters. The average molecular weight is 340 g/mol. The molecule has 0 radical (unpaired) electrons. The van der Waals surface area contributed by atoms with E-state index < -0.39 is 0 Å². The van der Waals surface area contributed by atoms with Gasteiger partial charge in [-0.25, -0.2) is 4.98 Å². The number of aromatic nitrogens is 1. The quantitative estimate of drug-likeness (QED) is 0.371. The van der Waals surface area contributed by atoms with Gasteiger partial charge >= 0.3 is 5.97 Å². The van der Waals surface area contributed by atoms with Gasteiger partial charge in [0.05, 0.1) is 24.2 Å². The van der Waals surface area contributed by atoms with Gasteiger partial charge in [-0.3, -0.25) is 9.59 Å². The molecule has 1 aromatic heterocycles. The van der Waals surface area contributed by atoms with Gasteiger partial charge in [0, 0.05) is 37.8 Å². The molecule has 0 unspecified atom stereocenters. The van der Waals surface area contributed by atoms with Crippen LogP contribution in [-0.2, 0) is 19.1 Å². The molecule has 0 aromatic carbocycles. The predicted octanol–water partition coefficient (Wildman–Crippen LogP) is 2.22. The van der Waals surface area contributed by atoms with Gasteiger partial charge < -0.3 is 14.4 Å². The second-order valence-electron chi connectivity index (χ2n) is 5.01. The van der Waals surface area contributed by atoms with Crippen LogP contribution in [0.3, 0.4) is 0 Å². The van der Waals surface area contributed by atoms with E-state index in [0.29, 0.717) is 26.3 Å². The normalized spacial score (nSPS) is 12.3. The summed E-state index contributed by atoms with van der Waals surface area (Å²) in [6.45, 7) is 5.76. The highest BCUT2D eigenvalue weighted by Crippen LogP contribution is 2.07. The first-order valence-corrected chi connectivity index (χ1v) is 8.53. The Hall–Kier alpha value is -1.73. The van der Waals surface area contributed by atoms with Crippen LogP contribution in [0.1, 0.15) is 26.0 Å². The molecule has 128 valence electrons. The highest BCUT2D eigenvalue weighted by Gasteiger charge is 2.20. The van der Waals surface area contributed by atoms with Crippen molar-refractivity contribution in [2.75, 3.05) is 33.4 Å². The fourth-order valence-electron chi connectivity index (χ4n) is 1.97. The predicted molar refractivity (Wildman–Crippen MR) is 90.0 cm³/mol. The SMILES string of the molecule is CCOCCCN(C[C@H](C)C(=O)OC)C(=O)/C=C\c1cscn1. The molecule has 0 saturated carbocycles. The molecule has 1 rings (SSSR count). The van der Waals surface area contributed by atoms with Gasteiger partial charge in [0.1, 0.15) is 0 Å². The number of hydrogen-bond donors (Lipinski definition) is 0. The zero-order chi connectivity index (χ0) is 17.1. The number of carbonyl (C=O) groups excluding carboxylic acids is 2. The van der Waals surface area contributed by atoms with E-state index in [2.05, 4.69) is 4.98 Å². The molecule has 0 saturated heterocycles. The maximum atomic E-state index is 12.4. The van der Waals surface area contributed by atoms with Crippen LogP contribution < -0.4 is 0 Å². The number of methoxy groups -OCH3 is 1. The summed E-state index contributed by atoms with van der Waals surface area (Å²) in [5.74, 6) is -0.843. The Balaban J connectivity index is 2.64. The van der Waals surface area contributed by atoms with E-state index >= 15 is 0 Å². The summed E-state index contributed by atoms with van der Waals surface area (Å²) >= 11 is 1.47. The third-order valence-electron chi connectivity index (χ3n) is 3.18. The van der Waals surface area contributed by atoms with Crippen molar-refractivity contribution in [1.29, 1.82) is 0 Å². The van der Waals surface area contributed by atoms with Crippen LogP contribution >= 0.6 is 11.3 Å². The molecule has 1 amide bonds. The van der Waals surface area contributed by atoms with Crippen LogP contribution in [0.2, 0.25) is 0 Å². The molecule has 1 aromatic rings. The Morgan fingerprint density at radius 2 is 2.26 bits per heavy atom. The standard InChI is InChI=1S/C16H24N2O4S/c1-4-22-9-5-8-18(10-13(2)16(20)21-3)15(19)7-6-14-11-23-12-17-14/h6-7,11-13H,4-5,8-10H2,1-3H3/b7-6-/t13-/m0/s1. The topological polar surface area (TPSA) is 68.7 Å². The first kappa shape index (κ1) is 19.3. The van der Waals surface area contributed by atoms with E-state index in [-0.39, 0.29) is 17.8 Å². The molecular weight excluding hydrogens is 316 g/mol. The van der Waals surface area contributed by atoms with Crippen LogP contribution in [0, 0.1) is 5.92 Å². The minimum atomic E-state index is -0.372. The van der Waals surface area contributed by atoms with Crippen molar-refractivity contribution in [2.45, 2.75) is 20.3 Å². The maximum absolute atomic E-state index is 12.4. The molecule has 0 aliphatic heterocycles. The maximum Gasteiger partial charge on any atom is 0.310 e. The van der Waals surface area contributed by atoms with Crippen molar-refractivity contribution in [1.82, 2.24) is 9.88 Å². The van der Waals surface area contributed by atoms with Gasteiger partial charge in [0.15, 0.2) is 0 Å². The van der Waals surface area contributed by atoms with Gasteiger partial charge in [0.25, 0.3) is 0 Å². The van der Waals surface area contributed by atoms with Crippen molar-refractivity contribution < 1.29 is 19.1 Å². The monoisotopic (exact) mass is 340 g/mol. The fourth-order valence-corrected chi connectivity index (χ4v) is 2.49. The lowest BCUT2D eigenvalue weighted by atomic mass is 10.1. The highest BCUT2D eigenvalue weighted by molar-refractivity contribution is 7.07. The molecule has 6 nitrogen and oxygen atoms in total. The number of esters is 1. The average Bonchev–Trinajstić information content (AvgIpc) is 3.07. The molecule has 0 aliphatic rings. The van der Waals surface area contributed by atoms with E-state index in [9.17, 15) is 9.59 Å². The molecule has 7 heteroatoms. The lowest BCUT2D eigenvalue weighted by Gasteiger charge is -2.23. The lowest BCUT2D eigenvalue weighted by Crippen LogP contribution is -2.37. The molecule has 23 heavy (non-hydrogen) atoms. The highest BCUT2D eigenvalue weighted by atomic mass is 32.1. The van der Waals surface area contributed by atoms with Gasteiger partial charge in [0.2, 0.25) is 5.91 Å². The Labute approximate surface area is 141 Å². The minimum absolute atomic E-state index is 0.148. The van der Waals surface area contributed by atoms with E-state index in [1.54, 1.807) is 23.4 Å². The van der Waals surface area contributed by atoms with E-state index in [0.717, 1.165) is 12.1 Å². The summed E-state index contributed by atoms with van der Waals surface area (Å²) in [6, 6.07) is 0. The van der Waals surface area contributed by atoms with E-state index in [4.69, 9.17) is 9.47 Å². The number of hydrogen-bond acceptors (Lipinski definition) is 6. The first-order chi connectivity index (χ1) is 11.1. The molecule has 0 N–H and O–H groups in total. The number of rotatable bonds is 10. The van der Waals surface area contributed by atoms with Gasteiger partial charge in [-0.15, -0.1) is 11.3 Å². The minimum Gasteiger partial charge on any atom is -0.469 e. The Bertz CT molecular complexity index is 502. The second-order valence-corrected chi connectivity index (χ2v) is 5.72. The van der Waals surface area contributed by atoms with Crippen molar-refractivity contribution in [3.05, 3.63) is 22.7 Å². The number of thiazole rings is 1. The molecule has 0 spiro atoms. The molecule has 0 bridgehead atoms. The summed E-state index contributed by atoms with van der Waals surface area (Å²) in [5, 5.41) is 1.86. The summed E-state index contributed by atoms with van der Waals surface area (Å²) < 4.78 is 10.0. The van der Waals surface area contributed by atoms with Crippen molar-refractivity contribution >= 4 is 29.3 Å². The summed E-state index contributed by atoms with van der Waals surface area (Å²) in [4.78, 5) is 29.7. The first-order valence-electron chi connectivity index (χ1n) is 7.59. The van der Waals surface area contributed by atoms with Gasteiger partial charge in [-0.2, -0.15) is 0 Å². The van der Waals surface area contributed by atoms with Crippen molar-refractivity contribution in [2.24, 2.45) is 5.92 Å². The van der Waals surface area contributed by atoms with Crippen LogP contribution in [-0.4, -0.2) is 55.2 Å². The van der Waals surface area contributed by atoms with Crippen LogP contribution in [0.4, 0.5) is 0 Å². The molecule has 1 heterocycles. The lowest BCUT2D eigenvalue weighted by molar-refractivity contribution is -0.146. The Kier molecular flexibility index (Phi) is 9.16. The number of amides is 1. The number of ether oxygens (including phenoxy) is 2. The molecular formula is C16H24N2O4S. The zero-order valence-corrected chi connectivity index (χ0v) is 14.7. The molecule has 0 fully saturated rings. The third-order valence-corrected chi connectivity index (χ3v) is 3.78. The van der Waals surface area contributed by atoms with Gasteiger partial charge in [-0.1, -0.05) is 6.92 Å². The van der Waals surface area contributed by atoms with Crippen LogP contribution in [0.15, 0.2) is 17.0 Å². The number of nitrogens with zero attached hydrogens (tertiary/aromatic N) is 2. The van der Waals surface area contributed by atoms with Crippen molar-refractivity contribution in [3.63, 3.8) is 0 Å². The summed E-state index contributed by atoms with van der Waals surface area (Å²) in [6.07, 6.45) is 3.88. The Morgan fingerprint density at radius 1 is 1.48 bits per heavy atom. The third kappa shape index (κ3) is 7.38. The smallest absolute Gasteiger partial charge is 0.310 e. The van der Waals surface area contributed by atoms with Crippen LogP contribution in [0.5, 0.6) is 0 Å². The second kappa shape index (κ2) is 10.9.